The van der Waals surface area contributed by atoms with Crippen LogP contribution in [0.4, 0.5) is 0 Å². The molecule has 2 aliphatic heterocycles. The standard InChI is InChI=1S/C16H20N4O2/c1-11-14-8-12(9-17-15(14)22-18-11)16(21)20-7-6-19-5-3-2-4-13(19)10-20/h8-9,13H,2-7,10H2,1H3/t13-/m1/s1. The second-order valence-corrected chi connectivity index (χ2v) is 6.28. The van der Waals surface area contributed by atoms with Crippen molar-refractivity contribution in [2.75, 3.05) is 26.2 Å². The summed E-state index contributed by atoms with van der Waals surface area (Å²) in [7, 11) is 0. The van der Waals surface area contributed by atoms with Gasteiger partial charge in [-0.25, -0.2) is 4.98 Å². The number of piperidine rings is 1. The largest absolute Gasteiger partial charge is 0.336 e. The molecule has 2 aromatic heterocycles. The van der Waals surface area contributed by atoms with Gasteiger partial charge in [-0.1, -0.05) is 11.6 Å². The van der Waals surface area contributed by atoms with Crippen LogP contribution >= 0.6 is 0 Å². The zero-order chi connectivity index (χ0) is 15.1. The predicted octanol–water partition coefficient (Wildman–Crippen LogP) is 1.84. The molecule has 0 spiro atoms. The molecule has 6 nitrogen and oxygen atoms in total. The van der Waals surface area contributed by atoms with E-state index in [4.69, 9.17) is 4.52 Å². The monoisotopic (exact) mass is 300 g/mol. The fraction of sp³-hybridized carbons (Fsp3) is 0.562. The lowest BCUT2D eigenvalue weighted by Crippen LogP contribution is -2.56. The number of nitrogens with zero attached hydrogens (tertiary/aromatic N) is 4. The highest BCUT2D eigenvalue weighted by Gasteiger charge is 2.31. The van der Waals surface area contributed by atoms with Gasteiger partial charge in [-0.2, -0.15) is 0 Å². The lowest BCUT2D eigenvalue weighted by Gasteiger charge is -2.44. The van der Waals surface area contributed by atoms with Crippen molar-refractivity contribution in [3.63, 3.8) is 0 Å². The summed E-state index contributed by atoms with van der Waals surface area (Å²) in [6.45, 7) is 5.66. The van der Waals surface area contributed by atoms with Gasteiger partial charge in [-0.05, 0) is 32.4 Å². The van der Waals surface area contributed by atoms with E-state index in [-0.39, 0.29) is 5.91 Å². The fourth-order valence-corrected chi connectivity index (χ4v) is 3.59. The number of amides is 1. The number of aromatic nitrogens is 2. The zero-order valence-electron chi connectivity index (χ0n) is 12.8. The topological polar surface area (TPSA) is 62.5 Å². The number of fused-ring (bicyclic) bond motifs is 2. The molecule has 116 valence electrons. The smallest absolute Gasteiger partial charge is 0.257 e. The van der Waals surface area contributed by atoms with Crippen LogP contribution in [-0.4, -0.2) is 58.1 Å². The van der Waals surface area contributed by atoms with Crippen LogP contribution in [0.2, 0.25) is 0 Å². The van der Waals surface area contributed by atoms with Gasteiger partial charge < -0.3 is 9.42 Å². The second kappa shape index (κ2) is 5.35. The lowest BCUT2D eigenvalue weighted by atomic mass is 9.99. The summed E-state index contributed by atoms with van der Waals surface area (Å²) < 4.78 is 5.11. The van der Waals surface area contributed by atoms with Crippen LogP contribution in [0, 0.1) is 6.92 Å². The van der Waals surface area contributed by atoms with Crippen LogP contribution in [-0.2, 0) is 0 Å². The van der Waals surface area contributed by atoms with E-state index in [0.717, 1.165) is 30.7 Å². The summed E-state index contributed by atoms with van der Waals surface area (Å²) in [5.74, 6) is 0.0697. The molecule has 0 bridgehead atoms. The number of rotatable bonds is 1. The molecule has 2 saturated heterocycles. The Kier molecular flexibility index (Phi) is 3.33. The molecule has 22 heavy (non-hydrogen) atoms. The Morgan fingerprint density at radius 1 is 1.32 bits per heavy atom. The van der Waals surface area contributed by atoms with Gasteiger partial charge in [0, 0.05) is 31.9 Å². The molecule has 0 aromatic carbocycles. The van der Waals surface area contributed by atoms with E-state index in [1.807, 2.05) is 17.9 Å². The predicted molar refractivity (Wildman–Crippen MR) is 81.7 cm³/mol. The van der Waals surface area contributed by atoms with Crippen LogP contribution in [0.5, 0.6) is 0 Å². The maximum Gasteiger partial charge on any atom is 0.257 e. The molecule has 4 rings (SSSR count). The summed E-state index contributed by atoms with van der Waals surface area (Å²) in [6, 6.07) is 2.38. The Labute approximate surface area is 129 Å². The Hall–Kier alpha value is -1.95. The first-order chi connectivity index (χ1) is 10.7. The normalized spacial score (nSPS) is 22.8. The quantitative estimate of drug-likeness (QED) is 0.804. The van der Waals surface area contributed by atoms with E-state index in [1.165, 1.54) is 25.8 Å². The van der Waals surface area contributed by atoms with Crippen molar-refractivity contribution in [2.45, 2.75) is 32.2 Å². The molecule has 4 heterocycles. The number of carbonyl (C=O) groups excluding carboxylic acids is 1. The number of pyridine rings is 1. The molecule has 1 atom stereocenters. The Morgan fingerprint density at radius 3 is 3.14 bits per heavy atom. The molecular weight excluding hydrogens is 280 g/mol. The summed E-state index contributed by atoms with van der Waals surface area (Å²) >= 11 is 0. The fourth-order valence-electron chi connectivity index (χ4n) is 3.59. The highest BCUT2D eigenvalue weighted by atomic mass is 16.5. The molecule has 0 aliphatic carbocycles. The van der Waals surface area contributed by atoms with Crippen molar-refractivity contribution in [1.82, 2.24) is 19.9 Å². The van der Waals surface area contributed by atoms with E-state index in [0.29, 0.717) is 17.3 Å². The molecule has 2 aromatic rings. The van der Waals surface area contributed by atoms with Crippen molar-refractivity contribution in [1.29, 1.82) is 0 Å². The molecule has 6 heteroatoms. The second-order valence-electron chi connectivity index (χ2n) is 6.28. The van der Waals surface area contributed by atoms with E-state index < -0.39 is 0 Å². The van der Waals surface area contributed by atoms with Crippen LogP contribution < -0.4 is 0 Å². The summed E-state index contributed by atoms with van der Waals surface area (Å²) in [6.07, 6.45) is 5.36. The molecule has 2 aliphatic rings. The van der Waals surface area contributed by atoms with Crippen LogP contribution in [0.3, 0.4) is 0 Å². The minimum absolute atomic E-state index is 0.0697. The van der Waals surface area contributed by atoms with Crippen molar-refractivity contribution in [2.24, 2.45) is 0 Å². The minimum Gasteiger partial charge on any atom is -0.336 e. The summed E-state index contributed by atoms with van der Waals surface area (Å²) in [5.41, 5.74) is 1.89. The van der Waals surface area contributed by atoms with E-state index in [9.17, 15) is 4.79 Å². The van der Waals surface area contributed by atoms with Gasteiger partial charge in [0.25, 0.3) is 11.6 Å². The third kappa shape index (κ3) is 2.27. The van der Waals surface area contributed by atoms with Crippen LogP contribution in [0.25, 0.3) is 11.1 Å². The average Bonchev–Trinajstić information content (AvgIpc) is 2.94. The van der Waals surface area contributed by atoms with Crippen molar-refractivity contribution < 1.29 is 9.32 Å². The third-order valence-corrected chi connectivity index (χ3v) is 4.88. The Balaban J connectivity index is 1.56. The van der Waals surface area contributed by atoms with Gasteiger partial charge in [0.05, 0.1) is 16.6 Å². The lowest BCUT2D eigenvalue weighted by molar-refractivity contribution is 0.0372. The SMILES string of the molecule is Cc1noc2ncc(C(=O)N3CCN4CCCC[C@@H]4C3)cc12. The van der Waals surface area contributed by atoms with Gasteiger partial charge in [0.15, 0.2) is 0 Å². The van der Waals surface area contributed by atoms with Gasteiger partial charge in [-0.3, -0.25) is 9.69 Å². The number of carbonyl (C=O) groups is 1. The number of hydrogen-bond acceptors (Lipinski definition) is 5. The average molecular weight is 300 g/mol. The number of aryl methyl sites for hydroxylation is 1. The van der Waals surface area contributed by atoms with Crippen molar-refractivity contribution >= 4 is 17.0 Å². The Bertz CT molecular complexity index is 711. The van der Waals surface area contributed by atoms with Crippen molar-refractivity contribution in [3.05, 3.63) is 23.5 Å². The number of piperazine rings is 1. The molecule has 2 fully saturated rings. The first-order valence-electron chi connectivity index (χ1n) is 7.98. The first-order valence-corrected chi connectivity index (χ1v) is 7.98. The molecular formula is C16H20N4O2. The maximum absolute atomic E-state index is 12.8. The van der Waals surface area contributed by atoms with E-state index in [1.54, 1.807) is 6.20 Å². The van der Waals surface area contributed by atoms with Crippen LogP contribution in [0.1, 0.15) is 35.3 Å². The zero-order valence-corrected chi connectivity index (χ0v) is 12.8. The van der Waals surface area contributed by atoms with Gasteiger partial charge >= 0.3 is 0 Å². The van der Waals surface area contributed by atoms with E-state index in [2.05, 4.69) is 15.0 Å². The molecule has 1 amide bonds. The highest BCUT2D eigenvalue weighted by Crippen LogP contribution is 2.23. The molecule has 0 radical (unpaired) electrons. The van der Waals surface area contributed by atoms with Crippen LogP contribution in [0.15, 0.2) is 16.8 Å². The maximum atomic E-state index is 12.8. The third-order valence-electron chi connectivity index (χ3n) is 4.88. The minimum atomic E-state index is 0.0697. The Morgan fingerprint density at radius 2 is 2.23 bits per heavy atom. The van der Waals surface area contributed by atoms with E-state index >= 15 is 0 Å². The van der Waals surface area contributed by atoms with Gasteiger partial charge in [0.2, 0.25) is 0 Å². The van der Waals surface area contributed by atoms with Crippen molar-refractivity contribution in [3.8, 4) is 0 Å². The van der Waals surface area contributed by atoms with Gasteiger partial charge in [-0.15, -0.1) is 0 Å². The summed E-state index contributed by atoms with van der Waals surface area (Å²) in [5, 5.41) is 4.72. The highest BCUT2D eigenvalue weighted by molar-refractivity contribution is 5.97. The molecule has 0 saturated carbocycles. The number of hydrogen-bond donors (Lipinski definition) is 0. The molecule has 0 N–H and O–H groups in total. The first kappa shape index (κ1) is 13.7. The molecule has 0 unspecified atom stereocenters. The van der Waals surface area contributed by atoms with Gasteiger partial charge in [0.1, 0.15) is 0 Å². The summed E-state index contributed by atoms with van der Waals surface area (Å²) in [4.78, 5) is 21.5.